The summed E-state index contributed by atoms with van der Waals surface area (Å²) in [5, 5.41) is 12.2. The van der Waals surface area contributed by atoms with Gasteiger partial charge in [0.25, 0.3) is 5.91 Å². The third-order valence-corrected chi connectivity index (χ3v) is 8.58. The highest BCUT2D eigenvalue weighted by atomic mass is 32.1. The molecule has 0 unspecified atom stereocenters. The summed E-state index contributed by atoms with van der Waals surface area (Å²) in [7, 11) is 0. The van der Waals surface area contributed by atoms with Gasteiger partial charge in [0.1, 0.15) is 4.88 Å². The van der Waals surface area contributed by atoms with Crippen molar-refractivity contribution in [3.8, 4) is 11.3 Å². The van der Waals surface area contributed by atoms with Crippen molar-refractivity contribution in [2.75, 3.05) is 11.4 Å². The number of hydrogen-bond acceptors (Lipinski definition) is 6. The number of nitrogens with one attached hydrogen (secondary N) is 1. The Labute approximate surface area is 242 Å². The molecule has 1 amide bonds. The van der Waals surface area contributed by atoms with Crippen LogP contribution in [0, 0.1) is 0 Å². The summed E-state index contributed by atoms with van der Waals surface area (Å²) < 4.78 is 0. The number of rotatable bonds is 9. The lowest BCUT2D eigenvalue weighted by Crippen LogP contribution is -2.26. The summed E-state index contributed by atoms with van der Waals surface area (Å²) in [6.45, 7) is 0.568. The van der Waals surface area contributed by atoms with Crippen molar-refractivity contribution in [1.82, 2.24) is 10.3 Å². The van der Waals surface area contributed by atoms with Crippen molar-refractivity contribution in [3.63, 3.8) is 0 Å². The molecule has 0 bridgehead atoms. The van der Waals surface area contributed by atoms with Gasteiger partial charge in [0.15, 0.2) is 5.13 Å². The SMILES string of the molecule is O=C(O)CCNC(=O)c1ccc(CN(c2ccc(C3=CCCCC3)cc2)c2nc3c(s2)C(=O)c2ccccc2-3)cc1. The highest BCUT2D eigenvalue weighted by Crippen LogP contribution is 2.44. The van der Waals surface area contributed by atoms with E-state index in [1.165, 1.54) is 35.3 Å². The van der Waals surface area contributed by atoms with E-state index in [1.807, 2.05) is 36.4 Å². The number of aliphatic carboxylic acids is 1. The number of aromatic nitrogens is 1. The van der Waals surface area contributed by atoms with Gasteiger partial charge >= 0.3 is 5.97 Å². The number of hydrogen-bond donors (Lipinski definition) is 2. The Morgan fingerprint density at radius 3 is 2.41 bits per heavy atom. The highest BCUT2D eigenvalue weighted by molar-refractivity contribution is 7.18. The Hall–Kier alpha value is -4.56. The molecule has 41 heavy (non-hydrogen) atoms. The molecule has 206 valence electrons. The molecule has 0 aliphatic heterocycles. The van der Waals surface area contributed by atoms with Crippen molar-refractivity contribution in [2.45, 2.75) is 38.6 Å². The maximum atomic E-state index is 13.1. The van der Waals surface area contributed by atoms with Crippen molar-refractivity contribution in [3.05, 3.63) is 106 Å². The average molecular weight is 564 g/mol. The van der Waals surface area contributed by atoms with Crippen LogP contribution in [0.2, 0.25) is 0 Å². The van der Waals surface area contributed by atoms with Gasteiger partial charge in [-0.15, -0.1) is 0 Å². The molecule has 0 saturated carbocycles. The van der Waals surface area contributed by atoms with Crippen LogP contribution in [0.4, 0.5) is 10.8 Å². The molecule has 7 nitrogen and oxygen atoms in total. The van der Waals surface area contributed by atoms with Gasteiger partial charge in [0.2, 0.25) is 5.78 Å². The lowest BCUT2D eigenvalue weighted by molar-refractivity contribution is -0.136. The van der Waals surface area contributed by atoms with Gasteiger partial charge in [0, 0.05) is 28.9 Å². The summed E-state index contributed by atoms with van der Waals surface area (Å²) in [5.41, 5.74) is 7.31. The Bertz CT molecular complexity index is 1650. The minimum atomic E-state index is -0.956. The zero-order chi connectivity index (χ0) is 28.3. The Morgan fingerprint density at radius 2 is 1.71 bits per heavy atom. The molecule has 1 aromatic heterocycles. The van der Waals surface area contributed by atoms with E-state index in [4.69, 9.17) is 10.1 Å². The van der Waals surface area contributed by atoms with Crippen LogP contribution in [0.1, 0.15) is 68.8 Å². The second kappa shape index (κ2) is 11.5. The monoisotopic (exact) mass is 563 g/mol. The summed E-state index contributed by atoms with van der Waals surface area (Å²) >= 11 is 1.40. The van der Waals surface area contributed by atoms with Gasteiger partial charge in [-0.2, -0.15) is 0 Å². The zero-order valence-electron chi connectivity index (χ0n) is 22.4. The van der Waals surface area contributed by atoms with Gasteiger partial charge < -0.3 is 15.3 Å². The van der Waals surface area contributed by atoms with Crippen LogP contribution in [0.25, 0.3) is 16.8 Å². The second-order valence-corrected chi connectivity index (χ2v) is 11.2. The number of amides is 1. The summed E-state index contributed by atoms with van der Waals surface area (Å²) in [6, 6.07) is 23.4. The summed E-state index contributed by atoms with van der Waals surface area (Å²) in [4.78, 5) is 44.0. The van der Waals surface area contributed by atoms with Gasteiger partial charge in [-0.1, -0.05) is 65.9 Å². The average Bonchev–Trinajstić information content (AvgIpc) is 3.55. The minimum Gasteiger partial charge on any atom is -0.481 e. The lowest BCUT2D eigenvalue weighted by atomic mass is 9.93. The van der Waals surface area contributed by atoms with Gasteiger partial charge in [-0.3, -0.25) is 14.4 Å². The number of nitrogens with zero attached hydrogens (tertiary/aromatic N) is 2. The van der Waals surface area contributed by atoms with Crippen LogP contribution >= 0.6 is 11.3 Å². The smallest absolute Gasteiger partial charge is 0.305 e. The van der Waals surface area contributed by atoms with Gasteiger partial charge in [0.05, 0.1) is 18.7 Å². The largest absolute Gasteiger partial charge is 0.481 e. The first kappa shape index (κ1) is 26.7. The molecular weight excluding hydrogens is 534 g/mol. The minimum absolute atomic E-state index is 0.0112. The predicted molar refractivity (Wildman–Crippen MR) is 161 cm³/mol. The third-order valence-electron chi connectivity index (χ3n) is 7.50. The van der Waals surface area contributed by atoms with Crippen LogP contribution in [0.3, 0.4) is 0 Å². The number of carboxylic acids is 1. The Kier molecular flexibility index (Phi) is 7.48. The number of benzene rings is 3. The number of anilines is 2. The molecule has 0 saturated heterocycles. The molecular formula is C33H29N3O4S. The normalized spacial score (nSPS) is 13.8. The van der Waals surface area contributed by atoms with Gasteiger partial charge in [-0.25, -0.2) is 4.98 Å². The summed E-state index contributed by atoms with van der Waals surface area (Å²) in [5.74, 6) is -1.25. The predicted octanol–water partition coefficient (Wildman–Crippen LogP) is 6.85. The first-order valence-corrected chi connectivity index (χ1v) is 14.6. The van der Waals surface area contributed by atoms with Crippen molar-refractivity contribution in [1.29, 1.82) is 0 Å². The van der Waals surface area contributed by atoms with E-state index in [9.17, 15) is 14.4 Å². The van der Waals surface area contributed by atoms with E-state index in [1.54, 1.807) is 12.1 Å². The Morgan fingerprint density at radius 1 is 0.951 bits per heavy atom. The number of carbonyl (C=O) groups is 3. The van der Waals surface area contributed by atoms with E-state index in [-0.39, 0.29) is 24.7 Å². The number of ketones is 1. The zero-order valence-corrected chi connectivity index (χ0v) is 23.2. The third kappa shape index (κ3) is 5.56. The van der Waals surface area contributed by atoms with Crippen molar-refractivity contribution in [2.24, 2.45) is 0 Å². The fourth-order valence-corrected chi connectivity index (χ4v) is 6.38. The molecule has 0 fully saturated rings. The molecule has 0 radical (unpaired) electrons. The maximum absolute atomic E-state index is 13.1. The standard InChI is InChI=1S/C33H29N3O4S/c37-28(38)18-19-34-32(40)24-12-10-21(11-13-24)20-36(25-16-14-23(15-17-25)22-6-2-1-3-7-22)33-35-29-26-8-4-5-9-27(26)30(39)31(29)41-33/h4-6,8-17H,1-3,7,18-20H2,(H,34,40)(H,37,38). The highest BCUT2D eigenvalue weighted by Gasteiger charge is 2.32. The quantitative estimate of drug-likeness (QED) is 0.203. The molecule has 0 atom stereocenters. The fraction of sp³-hybridized carbons (Fsp3) is 0.212. The van der Waals surface area contributed by atoms with Crippen LogP contribution in [0.5, 0.6) is 0 Å². The van der Waals surface area contributed by atoms with Crippen LogP contribution in [-0.2, 0) is 11.3 Å². The molecule has 2 aliphatic rings. The van der Waals surface area contributed by atoms with Crippen LogP contribution in [-0.4, -0.2) is 34.3 Å². The van der Waals surface area contributed by atoms with E-state index in [0.29, 0.717) is 22.5 Å². The molecule has 2 N–H and O–H groups in total. The summed E-state index contributed by atoms with van der Waals surface area (Å²) in [6.07, 6.45) is 6.89. The van der Waals surface area contributed by atoms with E-state index >= 15 is 0 Å². The number of allylic oxidation sites excluding steroid dienone is 2. The van der Waals surface area contributed by atoms with E-state index in [2.05, 4.69) is 40.6 Å². The molecule has 4 aromatic rings. The second-order valence-electron chi connectivity index (χ2n) is 10.3. The van der Waals surface area contributed by atoms with Crippen LogP contribution in [0.15, 0.2) is 78.9 Å². The van der Waals surface area contributed by atoms with Crippen LogP contribution < -0.4 is 10.2 Å². The molecule has 2 aliphatic carbocycles. The van der Waals surface area contributed by atoms with Crippen molar-refractivity contribution >= 4 is 45.4 Å². The van der Waals surface area contributed by atoms with E-state index in [0.717, 1.165) is 40.5 Å². The molecule has 6 rings (SSSR count). The molecule has 8 heteroatoms. The van der Waals surface area contributed by atoms with E-state index < -0.39 is 5.97 Å². The molecule has 0 spiro atoms. The maximum Gasteiger partial charge on any atom is 0.305 e. The van der Waals surface area contributed by atoms with Gasteiger partial charge in [-0.05, 0) is 66.6 Å². The number of fused-ring (bicyclic) bond motifs is 3. The lowest BCUT2D eigenvalue weighted by Gasteiger charge is -2.23. The fourth-order valence-electron chi connectivity index (χ4n) is 5.32. The topological polar surface area (TPSA) is 99.6 Å². The first-order chi connectivity index (χ1) is 20.0. The van der Waals surface area contributed by atoms with Crippen molar-refractivity contribution < 1.29 is 19.5 Å². The Balaban J connectivity index is 1.29. The number of carbonyl (C=O) groups excluding carboxylic acids is 2. The molecule has 3 aromatic carbocycles. The first-order valence-electron chi connectivity index (χ1n) is 13.8. The number of thiazole rings is 1. The molecule has 1 heterocycles. The number of carboxylic acid groups (broad SMARTS) is 1.